The summed E-state index contributed by atoms with van der Waals surface area (Å²) in [5, 5.41) is -0.258. The van der Waals surface area contributed by atoms with Crippen LogP contribution in [0.5, 0.6) is 0 Å². The Hall–Kier alpha value is -1.17. The molecule has 84 valence electrons. The zero-order chi connectivity index (χ0) is 11.6. The van der Waals surface area contributed by atoms with Crippen molar-refractivity contribution in [3.05, 3.63) is 17.5 Å². The van der Waals surface area contributed by atoms with Crippen LogP contribution in [0.15, 0.2) is 6.20 Å². The van der Waals surface area contributed by atoms with E-state index in [9.17, 15) is 13.6 Å². The minimum Gasteiger partial charge on any atom is -0.462 e. The average Bonchev–Trinajstić information content (AvgIpc) is 2.47. The lowest BCUT2D eigenvalue weighted by molar-refractivity contribution is 0.0498. The Morgan fingerprint density at radius 2 is 2.33 bits per heavy atom. The van der Waals surface area contributed by atoms with Crippen LogP contribution in [-0.4, -0.2) is 22.4 Å². The minimum atomic E-state index is -3.68. The van der Waals surface area contributed by atoms with Gasteiger partial charge in [-0.2, -0.15) is 13.9 Å². The third-order valence-corrected chi connectivity index (χ3v) is 1.77. The second kappa shape index (κ2) is 4.14. The second-order valence-electron chi connectivity index (χ2n) is 2.78. The molecule has 1 rings (SSSR count). The van der Waals surface area contributed by atoms with E-state index in [0.29, 0.717) is 0 Å². The van der Waals surface area contributed by atoms with Crippen LogP contribution in [0.1, 0.15) is 23.0 Å². The second-order valence-corrected chi connectivity index (χ2v) is 3.26. The molecule has 4 nitrogen and oxygen atoms in total. The molecule has 0 fully saturated rings. The summed E-state index contributed by atoms with van der Waals surface area (Å²) in [5.74, 6) is -0.860. The van der Waals surface area contributed by atoms with Crippen molar-refractivity contribution >= 4 is 17.6 Å². The molecule has 0 aliphatic heterocycles. The minimum absolute atomic E-state index is 0.0982. The molecule has 0 atom stereocenters. The lowest BCUT2D eigenvalue weighted by Crippen LogP contribution is -2.13. The first kappa shape index (κ1) is 11.9. The Balaban J connectivity index is 3.12. The lowest BCUT2D eigenvalue weighted by Gasteiger charge is -2.06. The molecule has 0 saturated heterocycles. The molecule has 0 radical (unpaired) electrons. The van der Waals surface area contributed by atoms with E-state index in [1.165, 1.54) is 7.05 Å². The fraction of sp³-hybridized carbons (Fsp3) is 0.500. The number of hydrogen-bond acceptors (Lipinski definition) is 3. The highest BCUT2D eigenvalue weighted by Gasteiger charge is 2.37. The zero-order valence-electron chi connectivity index (χ0n) is 8.13. The Kier molecular flexibility index (Phi) is 3.28. The number of nitrogens with zero attached hydrogens (tertiary/aromatic N) is 2. The van der Waals surface area contributed by atoms with Crippen LogP contribution >= 0.6 is 11.6 Å². The molecule has 0 bridgehead atoms. The number of halogens is 3. The van der Waals surface area contributed by atoms with Crippen LogP contribution in [0, 0.1) is 0 Å². The van der Waals surface area contributed by atoms with Gasteiger partial charge in [0.2, 0.25) is 0 Å². The number of carbonyl (C=O) groups excluding carboxylic acids is 1. The maximum absolute atomic E-state index is 12.8. The van der Waals surface area contributed by atoms with E-state index in [-0.39, 0.29) is 12.2 Å². The molecule has 0 amide bonds. The van der Waals surface area contributed by atoms with E-state index < -0.39 is 17.0 Å². The van der Waals surface area contributed by atoms with Crippen molar-refractivity contribution < 1.29 is 18.3 Å². The monoisotopic (exact) mass is 238 g/mol. The van der Waals surface area contributed by atoms with Crippen LogP contribution in [0.2, 0.25) is 0 Å². The summed E-state index contributed by atoms with van der Waals surface area (Å²) in [6.45, 7) is 1.67. The summed E-state index contributed by atoms with van der Waals surface area (Å²) in [5.41, 5.74) is -1.11. The molecule has 0 aliphatic carbocycles. The first-order valence-electron chi connectivity index (χ1n) is 4.14. The molecule has 1 heterocycles. The molecule has 0 aliphatic rings. The van der Waals surface area contributed by atoms with Crippen molar-refractivity contribution in [1.82, 2.24) is 9.78 Å². The summed E-state index contributed by atoms with van der Waals surface area (Å²) in [4.78, 5) is 11.3. The number of esters is 1. The van der Waals surface area contributed by atoms with Crippen molar-refractivity contribution in [2.75, 3.05) is 6.61 Å². The summed E-state index contributed by atoms with van der Waals surface area (Å²) in [6.07, 6.45) is 1.14. The molecule has 15 heavy (non-hydrogen) atoms. The zero-order valence-corrected chi connectivity index (χ0v) is 8.89. The summed E-state index contributed by atoms with van der Waals surface area (Å²) in [6, 6.07) is 0. The number of ether oxygens (including phenoxy) is 1. The largest absolute Gasteiger partial charge is 0.462 e. The number of alkyl halides is 3. The van der Waals surface area contributed by atoms with Crippen LogP contribution in [0.4, 0.5) is 8.78 Å². The van der Waals surface area contributed by atoms with Gasteiger partial charge >= 0.3 is 11.4 Å². The van der Waals surface area contributed by atoms with Crippen LogP contribution in [0.25, 0.3) is 0 Å². The highest BCUT2D eigenvalue weighted by molar-refractivity contribution is 6.22. The standard InChI is InChI=1S/C8H9ClF2N2O2/c1-3-15-7(14)5-4-13(2)12-6(5)8(9,10)11/h4H,3H2,1-2H3. The molecular formula is C8H9ClF2N2O2. The van der Waals surface area contributed by atoms with E-state index in [2.05, 4.69) is 9.84 Å². The molecule has 0 spiro atoms. The van der Waals surface area contributed by atoms with Crippen molar-refractivity contribution in [2.45, 2.75) is 12.3 Å². The van der Waals surface area contributed by atoms with Crippen molar-refractivity contribution in [3.8, 4) is 0 Å². The Labute approximate surface area is 89.8 Å². The molecule has 1 aromatic rings. The van der Waals surface area contributed by atoms with E-state index in [1.54, 1.807) is 6.92 Å². The molecule has 0 saturated carbocycles. The van der Waals surface area contributed by atoms with Gasteiger partial charge < -0.3 is 4.74 Å². The Bertz CT molecular complexity index is 373. The van der Waals surface area contributed by atoms with E-state index >= 15 is 0 Å². The maximum Gasteiger partial charge on any atom is 0.367 e. The Morgan fingerprint density at radius 1 is 1.73 bits per heavy atom. The molecule has 0 N–H and O–H groups in total. The maximum atomic E-state index is 12.8. The molecule has 1 aromatic heterocycles. The third-order valence-electron chi connectivity index (χ3n) is 1.59. The predicted octanol–water partition coefficient (Wildman–Crippen LogP) is 1.88. The summed E-state index contributed by atoms with van der Waals surface area (Å²) in [7, 11) is 1.41. The van der Waals surface area contributed by atoms with Gasteiger partial charge in [0.1, 0.15) is 5.56 Å². The first-order chi connectivity index (χ1) is 6.86. The van der Waals surface area contributed by atoms with Gasteiger partial charge in [-0.1, -0.05) is 0 Å². The summed E-state index contributed by atoms with van der Waals surface area (Å²) < 4.78 is 31.3. The van der Waals surface area contributed by atoms with Crippen LogP contribution < -0.4 is 0 Å². The van der Waals surface area contributed by atoms with Gasteiger partial charge in [0, 0.05) is 13.2 Å². The van der Waals surface area contributed by atoms with Gasteiger partial charge in [-0.15, -0.1) is 0 Å². The highest BCUT2D eigenvalue weighted by atomic mass is 35.5. The van der Waals surface area contributed by atoms with Gasteiger partial charge in [0.05, 0.1) is 6.61 Å². The third kappa shape index (κ3) is 2.65. The van der Waals surface area contributed by atoms with E-state index in [1.807, 2.05) is 0 Å². The number of carbonyl (C=O) groups is 1. The van der Waals surface area contributed by atoms with Gasteiger partial charge in [0.25, 0.3) is 0 Å². The SMILES string of the molecule is CCOC(=O)c1cn(C)nc1C(F)(F)Cl. The normalized spacial score (nSPS) is 11.5. The predicted molar refractivity (Wildman–Crippen MR) is 48.9 cm³/mol. The topological polar surface area (TPSA) is 44.1 Å². The van der Waals surface area contributed by atoms with Crippen molar-refractivity contribution in [2.24, 2.45) is 7.05 Å². The molecule has 7 heteroatoms. The van der Waals surface area contributed by atoms with Gasteiger partial charge in [0.15, 0.2) is 5.69 Å². The van der Waals surface area contributed by atoms with Crippen LogP contribution in [0.3, 0.4) is 0 Å². The Morgan fingerprint density at radius 3 is 2.80 bits per heavy atom. The average molecular weight is 239 g/mol. The number of aryl methyl sites for hydroxylation is 1. The molecule has 0 unspecified atom stereocenters. The van der Waals surface area contributed by atoms with Crippen LogP contribution in [-0.2, 0) is 17.2 Å². The van der Waals surface area contributed by atoms with Gasteiger partial charge in [-0.05, 0) is 18.5 Å². The van der Waals surface area contributed by atoms with E-state index in [0.717, 1.165) is 10.9 Å². The smallest absolute Gasteiger partial charge is 0.367 e. The highest BCUT2D eigenvalue weighted by Crippen LogP contribution is 2.33. The van der Waals surface area contributed by atoms with Crippen molar-refractivity contribution in [1.29, 1.82) is 0 Å². The fourth-order valence-electron chi connectivity index (χ4n) is 1.06. The number of aromatic nitrogens is 2. The fourth-order valence-corrected chi connectivity index (χ4v) is 1.20. The number of rotatable bonds is 3. The quantitative estimate of drug-likeness (QED) is 0.597. The molecule has 0 aromatic carbocycles. The van der Waals surface area contributed by atoms with Crippen molar-refractivity contribution in [3.63, 3.8) is 0 Å². The van der Waals surface area contributed by atoms with E-state index in [4.69, 9.17) is 11.6 Å². The number of hydrogen-bond donors (Lipinski definition) is 0. The van der Waals surface area contributed by atoms with Gasteiger partial charge in [-0.25, -0.2) is 4.79 Å². The van der Waals surface area contributed by atoms with Gasteiger partial charge in [-0.3, -0.25) is 4.68 Å². The lowest BCUT2D eigenvalue weighted by atomic mass is 10.2. The summed E-state index contributed by atoms with van der Waals surface area (Å²) >= 11 is 4.80. The first-order valence-corrected chi connectivity index (χ1v) is 4.52. The molecular weight excluding hydrogens is 230 g/mol.